The maximum atomic E-state index is 11.9. The predicted octanol–water partition coefficient (Wildman–Crippen LogP) is -0.209. The van der Waals surface area contributed by atoms with Crippen molar-refractivity contribution in [3.05, 3.63) is 0 Å². The lowest BCUT2D eigenvalue weighted by atomic mass is 10.0. The molecule has 2 aliphatic rings. The summed E-state index contributed by atoms with van der Waals surface area (Å²) < 4.78 is 22.6. The van der Waals surface area contributed by atoms with Crippen LogP contribution in [-0.2, 0) is 19.4 Å². The van der Waals surface area contributed by atoms with Crippen LogP contribution in [-0.4, -0.2) is 42.9 Å². The Morgan fingerprint density at radius 3 is 2.44 bits per heavy atom. The van der Waals surface area contributed by atoms with E-state index in [1.54, 1.807) is 0 Å². The van der Waals surface area contributed by atoms with Crippen molar-refractivity contribution < 1.29 is 23.1 Å². The number of carboxylic acids is 1. The van der Waals surface area contributed by atoms with Gasteiger partial charge in [-0.25, -0.2) is 8.42 Å². The van der Waals surface area contributed by atoms with E-state index >= 15 is 0 Å². The highest BCUT2D eigenvalue weighted by atomic mass is 32.2. The zero-order chi connectivity index (χ0) is 13.3. The van der Waals surface area contributed by atoms with Gasteiger partial charge in [-0.15, -0.1) is 0 Å². The lowest BCUT2D eigenvalue weighted by molar-refractivity contribution is -0.142. The Kier molecular flexibility index (Phi) is 3.61. The highest BCUT2D eigenvalue weighted by Crippen LogP contribution is 2.27. The number of carboxylic acid groups (broad SMARTS) is 1. The van der Waals surface area contributed by atoms with Crippen LogP contribution in [0.3, 0.4) is 0 Å². The van der Waals surface area contributed by atoms with E-state index in [1.807, 2.05) is 0 Å². The summed E-state index contributed by atoms with van der Waals surface area (Å²) in [6.45, 7) is 0. The topological polar surface area (TPSA) is 101 Å². The van der Waals surface area contributed by atoms with Gasteiger partial charge in [0.05, 0.1) is 23.3 Å². The first kappa shape index (κ1) is 13.3. The molecule has 1 saturated heterocycles. The van der Waals surface area contributed by atoms with Crippen LogP contribution in [0, 0.1) is 11.8 Å². The minimum Gasteiger partial charge on any atom is -0.481 e. The third kappa shape index (κ3) is 2.82. The molecule has 1 saturated carbocycles. The molecule has 3 atom stereocenters. The van der Waals surface area contributed by atoms with E-state index in [1.165, 1.54) is 0 Å². The number of aliphatic carboxylic acids is 1. The average Bonchev–Trinajstić information content (AvgIpc) is 2.84. The lowest BCUT2D eigenvalue weighted by Gasteiger charge is -2.19. The van der Waals surface area contributed by atoms with Crippen LogP contribution >= 0.6 is 0 Å². The Morgan fingerprint density at radius 2 is 1.89 bits per heavy atom. The van der Waals surface area contributed by atoms with E-state index in [4.69, 9.17) is 5.11 Å². The summed E-state index contributed by atoms with van der Waals surface area (Å²) in [5, 5.41) is 11.7. The van der Waals surface area contributed by atoms with E-state index in [2.05, 4.69) is 5.32 Å². The zero-order valence-electron chi connectivity index (χ0n) is 9.96. The second-order valence-electron chi connectivity index (χ2n) is 5.09. The molecule has 2 N–H and O–H groups in total. The molecule has 1 heterocycles. The van der Waals surface area contributed by atoms with E-state index < -0.39 is 27.6 Å². The van der Waals surface area contributed by atoms with E-state index in [0.29, 0.717) is 19.3 Å². The molecule has 0 aromatic carbocycles. The minimum absolute atomic E-state index is 0.0537. The standard InChI is InChI=1S/C11H17NO5S/c13-10(7-4-5-18(16,17)6-7)12-9-3-1-2-8(9)11(14)15/h7-9H,1-6H2,(H,12,13)(H,14,15). The van der Waals surface area contributed by atoms with Crippen LogP contribution in [0.1, 0.15) is 25.7 Å². The van der Waals surface area contributed by atoms with Gasteiger partial charge in [-0.1, -0.05) is 6.42 Å². The van der Waals surface area contributed by atoms with Crippen molar-refractivity contribution in [3.63, 3.8) is 0 Å². The van der Waals surface area contributed by atoms with Crippen LogP contribution in [0.4, 0.5) is 0 Å². The summed E-state index contributed by atoms with van der Waals surface area (Å²) >= 11 is 0. The summed E-state index contributed by atoms with van der Waals surface area (Å²) in [5.41, 5.74) is 0. The minimum atomic E-state index is -3.08. The van der Waals surface area contributed by atoms with E-state index in [0.717, 1.165) is 6.42 Å². The summed E-state index contributed by atoms with van der Waals surface area (Å²) in [4.78, 5) is 22.9. The predicted molar refractivity (Wildman–Crippen MR) is 63.7 cm³/mol. The smallest absolute Gasteiger partial charge is 0.308 e. The van der Waals surface area contributed by atoms with Crippen molar-refractivity contribution in [3.8, 4) is 0 Å². The molecular formula is C11H17NO5S. The van der Waals surface area contributed by atoms with Crippen LogP contribution in [0.25, 0.3) is 0 Å². The number of rotatable bonds is 3. The maximum absolute atomic E-state index is 11.9. The van der Waals surface area contributed by atoms with Crippen molar-refractivity contribution >= 4 is 21.7 Å². The van der Waals surface area contributed by atoms with Gasteiger partial charge >= 0.3 is 5.97 Å². The third-order valence-electron chi connectivity index (χ3n) is 3.76. The molecular weight excluding hydrogens is 258 g/mol. The van der Waals surface area contributed by atoms with Crippen LogP contribution < -0.4 is 5.32 Å². The first-order valence-electron chi connectivity index (χ1n) is 6.12. The lowest BCUT2D eigenvalue weighted by Crippen LogP contribution is -2.43. The van der Waals surface area contributed by atoms with Gasteiger partial charge in [0.1, 0.15) is 0 Å². The highest BCUT2D eigenvalue weighted by molar-refractivity contribution is 7.91. The number of nitrogens with one attached hydrogen (secondary N) is 1. The van der Waals surface area contributed by atoms with Gasteiger partial charge in [-0.05, 0) is 19.3 Å². The monoisotopic (exact) mass is 275 g/mol. The number of carbonyl (C=O) groups is 2. The second kappa shape index (κ2) is 4.87. The molecule has 0 bridgehead atoms. The summed E-state index contributed by atoms with van der Waals surface area (Å²) in [6, 6.07) is -0.349. The van der Waals surface area contributed by atoms with E-state index in [-0.39, 0.29) is 23.5 Å². The molecule has 0 aromatic rings. The van der Waals surface area contributed by atoms with Gasteiger partial charge in [0.2, 0.25) is 5.91 Å². The molecule has 0 radical (unpaired) electrons. The molecule has 1 amide bonds. The SMILES string of the molecule is O=C(NC1CCCC1C(=O)O)C1CCS(=O)(=O)C1. The molecule has 102 valence electrons. The summed E-state index contributed by atoms with van der Waals surface area (Å²) in [5.74, 6) is -2.30. The number of hydrogen-bond donors (Lipinski definition) is 2. The Labute approximate surface area is 106 Å². The molecule has 3 unspecified atom stereocenters. The Balaban J connectivity index is 1.94. The molecule has 0 aromatic heterocycles. The Bertz CT molecular complexity index is 458. The fourth-order valence-corrected chi connectivity index (χ4v) is 4.47. The number of carbonyl (C=O) groups excluding carboxylic acids is 1. The van der Waals surface area contributed by atoms with Gasteiger partial charge in [0.25, 0.3) is 0 Å². The first-order chi connectivity index (χ1) is 8.39. The Hall–Kier alpha value is -1.11. The van der Waals surface area contributed by atoms with Gasteiger partial charge in [0, 0.05) is 6.04 Å². The molecule has 6 nitrogen and oxygen atoms in total. The van der Waals surface area contributed by atoms with Gasteiger partial charge < -0.3 is 10.4 Å². The zero-order valence-corrected chi connectivity index (χ0v) is 10.8. The quantitative estimate of drug-likeness (QED) is 0.742. The molecule has 0 spiro atoms. The van der Waals surface area contributed by atoms with Crippen molar-refractivity contribution in [1.82, 2.24) is 5.32 Å². The molecule has 7 heteroatoms. The highest BCUT2D eigenvalue weighted by Gasteiger charge is 2.38. The van der Waals surface area contributed by atoms with Crippen molar-refractivity contribution in [2.24, 2.45) is 11.8 Å². The van der Waals surface area contributed by atoms with Crippen molar-refractivity contribution in [2.75, 3.05) is 11.5 Å². The second-order valence-corrected chi connectivity index (χ2v) is 7.32. The average molecular weight is 275 g/mol. The van der Waals surface area contributed by atoms with Gasteiger partial charge in [-0.3, -0.25) is 9.59 Å². The number of sulfone groups is 1. The van der Waals surface area contributed by atoms with Crippen LogP contribution in [0.2, 0.25) is 0 Å². The maximum Gasteiger partial charge on any atom is 0.308 e. The van der Waals surface area contributed by atoms with Gasteiger partial charge in [0.15, 0.2) is 9.84 Å². The molecule has 18 heavy (non-hydrogen) atoms. The molecule has 2 fully saturated rings. The fraction of sp³-hybridized carbons (Fsp3) is 0.818. The van der Waals surface area contributed by atoms with Crippen molar-refractivity contribution in [1.29, 1.82) is 0 Å². The Morgan fingerprint density at radius 1 is 1.17 bits per heavy atom. The van der Waals surface area contributed by atoms with E-state index in [9.17, 15) is 18.0 Å². The van der Waals surface area contributed by atoms with Crippen molar-refractivity contribution in [2.45, 2.75) is 31.7 Å². The van der Waals surface area contributed by atoms with Gasteiger partial charge in [-0.2, -0.15) is 0 Å². The number of amides is 1. The normalized spacial score (nSPS) is 34.3. The van der Waals surface area contributed by atoms with Crippen LogP contribution in [0.5, 0.6) is 0 Å². The third-order valence-corrected chi connectivity index (χ3v) is 5.53. The summed E-state index contributed by atoms with van der Waals surface area (Å²) in [7, 11) is -3.08. The first-order valence-corrected chi connectivity index (χ1v) is 7.95. The summed E-state index contributed by atoms with van der Waals surface area (Å²) in [6.07, 6.45) is 2.36. The molecule has 1 aliphatic heterocycles. The molecule has 1 aliphatic carbocycles. The largest absolute Gasteiger partial charge is 0.481 e. The molecule has 2 rings (SSSR count). The number of hydrogen-bond acceptors (Lipinski definition) is 4. The van der Waals surface area contributed by atoms with Crippen LogP contribution in [0.15, 0.2) is 0 Å². The fourth-order valence-electron chi connectivity index (χ4n) is 2.73.